The lowest BCUT2D eigenvalue weighted by molar-refractivity contribution is -0.113. The Hall–Kier alpha value is -1.87. The third-order valence-electron chi connectivity index (χ3n) is 2.99. The highest BCUT2D eigenvalue weighted by atomic mass is 32.2. The zero-order valence-electron chi connectivity index (χ0n) is 13.4. The first-order valence-electron chi connectivity index (χ1n) is 6.98. The number of thioether (sulfide) groups is 1. The van der Waals surface area contributed by atoms with Gasteiger partial charge in [0.25, 0.3) is 0 Å². The van der Waals surface area contributed by atoms with Crippen molar-refractivity contribution in [2.24, 2.45) is 7.05 Å². The highest BCUT2D eigenvalue weighted by Gasteiger charge is 2.18. The molecule has 0 aliphatic carbocycles. The molecule has 2 aromatic rings. The SMILES string of the molecule is CCOC(=O)c1cc(C)sc1NC(=O)CSc1nnc(C)n1C. The van der Waals surface area contributed by atoms with Gasteiger partial charge in [0.15, 0.2) is 5.16 Å². The molecule has 23 heavy (non-hydrogen) atoms. The first-order chi connectivity index (χ1) is 10.9. The summed E-state index contributed by atoms with van der Waals surface area (Å²) in [6.45, 7) is 5.76. The van der Waals surface area contributed by atoms with Crippen molar-refractivity contribution in [3.8, 4) is 0 Å². The maximum absolute atomic E-state index is 12.1. The zero-order chi connectivity index (χ0) is 17.0. The average molecular weight is 354 g/mol. The molecular weight excluding hydrogens is 336 g/mol. The maximum Gasteiger partial charge on any atom is 0.341 e. The molecule has 0 aromatic carbocycles. The number of aryl methyl sites for hydroxylation is 2. The fourth-order valence-electron chi connectivity index (χ4n) is 1.77. The number of nitrogens with zero attached hydrogens (tertiary/aromatic N) is 3. The Morgan fingerprint density at radius 3 is 2.74 bits per heavy atom. The number of amides is 1. The Bertz CT molecular complexity index is 724. The fourth-order valence-corrected chi connectivity index (χ4v) is 3.45. The number of carbonyl (C=O) groups excluding carboxylic acids is 2. The van der Waals surface area contributed by atoms with Crippen LogP contribution in [0.3, 0.4) is 0 Å². The molecule has 0 bridgehead atoms. The van der Waals surface area contributed by atoms with Gasteiger partial charge in [-0.15, -0.1) is 21.5 Å². The second-order valence-corrected chi connectivity index (χ2v) is 6.94. The minimum atomic E-state index is -0.427. The van der Waals surface area contributed by atoms with Crippen LogP contribution >= 0.6 is 23.1 Å². The lowest BCUT2D eigenvalue weighted by atomic mass is 10.3. The van der Waals surface area contributed by atoms with Crippen LogP contribution in [0.2, 0.25) is 0 Å². The summed E-state index contributed by atoms with van der Waals surface area (Å²) in [5, 5.41) is 11.9. The summed E-state index contributed by atoms with van der Waals surface area (Å²) in [5.41, 5.74) is 0.391. The first kappa shape index (κ1) is 17.5. The topological polar surface area (TPSA) is 86.1 Å². The van der Waals surface area contributed by atoms with E-state index >= 15 is 0 Å². The van der Waals surface area contributed by atoms with Crippen LogP contribution in [-0.2, 0) is 16.6 Å². The lowest BCUT2D eigenvalue weighted by Crippen LogP contribution is -2.16. The summed E-state index contributed by atoms with van der Waals surface area (Å²) in [5.74, 6) is 0.337. The van der Waals surface area contributed by atoms with E-state index in [0.717, 1.165) is 10.7 Å². The van der Waals surface area contributed by atoms with Gasteiger partial charge >= 0.3 is 5.97 Å². The van der Waals surface area contributed by atoms with Gasteiger partial charge in [-0.05, 0) is 26.8 Å². The lowest BCUT2D eigenvalue weighted by Gasteiger charge is -2.06. The molecule has 1 amide bonds. The predicted octanol–water partition coefficient (Wildman–Crippen LogP) is 2.40. The molecule has 0 saturated carbocycles. The fraction of sp³-hybridized carbons (Fsp3) is 0.429. The molecule has 2 aromatic heterocycles. The molecule has 9 heteroatoms. The molecule has 0 spiro atoms. The van der Waals surface area contributed by atoms with Crippen molar-refractivity contribution in [1.82, 2.24) is 14.8 Å². The molecule has 2 rings (SSSR count). The summed E-state index contributed by atoms with van der Waals surface area (Å²) in [7, 11) is 1.84. The maximum atomic E-state index is 12.1. The smallest absolute Gasteiger partial charge is 0.341 e. The molecule has 0 radical (unpaired) electrons. The molecule has 0 atom stereocenters. The van der Waals surface area contributed by atoms with Crippen molar-refractivity contribution in [2.45, 2.75) is 25.9 Å². The van der Waals surface area contributed by atoms with E-state index in [1.807, 2.05) is 25.5 Å². The summed E-state index contributed by atoms with van der Waals surface area (Å²) in [6.07, 6.45) is 0. The van der Waals surface area contributed by atoms with Crippen molar-refractivity contribution in [3.63, 3.8) is 0 Å². The molecule has 7 nitrogen and oxygen atoms in total. The van der Waals surface area contributed by atoms with E-state index < -0.39 is 5.97 Å². The average Bonchev–Trinajstić information content (AvgIpc) is 3.01. The molecule has 0 fully saturated rings. The minimum Gasteiger partial charge on any atom is -0.462 e. The number of esters is 1. The Labute approximate surface area is 142 Å². The van der Waals surface area contributed by atoms with Gasteiger partial charge in [0.2, 0.25) is 5.91 Å². The van der Waals surface area contributed by atoms with E-state index in [4.69, 9.17) is 4.74 Å². The van der Waals surface area contributed by atoms with Gasteiger partial charge in [0, 0.05) is 11.9 Å². The summed E-state index contributed by atoms with van der Waals surface area (Å²) >= 11 is 2.64. The Morgan fingerprint density at radius 2 is 2.13 bits per heavy atom. The van der Waals surface area contributed by atoms with Gasteiger partial charge in [-0.2, -0.15) is 0 Å². The quantitative estimate of drug-likeness (QED) is 0.633. The third kappa shape index (κ3) is 4.32. The van der Waals surface area contributed by atoms with Gasteiger partial charge in [0.1, 0.15) is 10.8 Å². The normalized spacial score (nSPS) is 10.6. The molecule has 1 N–H and O–H groups in total. The van der Waals surface area contributed by atoms with E-state index in [-0.39, 0.29) is 11.7 Å². The van der Waals surface area contributed by atoms with E-state index in [1.54, 1.807) is 13.0 Å². The minimum absolute atomic E-state index is 0.186. The van der Waals surface area contributed by atoms with Crippen molar-refractivity contribution < 1.29 is 14.3 Å². The van der Waals surface area contributed by atoms with Crippen LogP contribution < -0.4 is 5.32 Å². The van der Waals surface area contributed by atoms with Crippen molar-refractivity contribution >= 4 is 40.0 Å². The van der Waals surface area contributed by atoms with E-state index in [9.17, 15) is 9.59 Å². The number of carbonyl (C=O) groups is 2. The van der Waals surface area contributed by atoms with Crippen LogP contribution in [0, 0.1) is 13.8 Å². The highest BCUT2D eigenvalue weighted by molar-refractivity contribution is 7.99. The third-order valence-corrected chi connectivity index (χ3v) is 4.97. The summed E-state index contributed by atoms with van der Waals surface area (Å²) < 4.78 is 6.82. The largest absolute Gasteiger partial charge is 0.462 e. The zero-order valence-corrected chi connectivity index (χ0v) is 15.0. The number of nitrogens with one attached hydrogen (secondary N) is 1. The van der Waals surface area contributed by atoms with Gasteiger partial charge in [-0.1, -0.05) is 11.8 Å². The Kier molecular flexibility index (Phi) is 5.78. The summed E-state index contributed by atoms with van der Waals surface area (Å²) in [6, 6.07) is 1.72. The monoisotopic (exact) mass is 354 g/mol. The highest BCUT2D eigenvalue weighted by Crippen LogP contribution is 2.28. The number of rotatable bonds is 6. The molecule has 0 unspecified atom stereocenters. The van der Waals surface area contributed by atoms with Gasteiger partial charge < -0.3 is 14.6 Å². The molecule has 0 aliphatic heterocycles. The van der Waals surface area contributed by atoms with Crippen LogP contribution in [0.5, 0.6) is 0 Å². The molecule has 0 aliphatic rings. The number of ether oxygens (including phenoxy) is 1. The van der Waals surface area contributed by atoms with Crippen LogP contribution in [0.15, 0.2) is 11.2 Å². The van der Waals surface area contributed by atoms with Gasteiger partial charge in [-0.25, -0.2) is 4.79 Å². The number of anilines is 1. The van der Waals surface area contributed by atoms with Crippen molar-refractivity contribution in [3.05, 3.63) is 22.3 Å². The molecule has 2 heterocycles. The van der Waals surface area contributed by atoms with Gasteiger partial charge in [0.05, 0.1) is 17.9 Å². The Balaban J connectivity index is 2.00. The van der Waals surface area contributed by atoms with Crippen LogP contribution in [0.1, 0.15) is 28.0 Å². The van der Waals surface area contributed by atoms with Crippen molar-refractivity contribution in [1.29, 1.82) is 0 Å². The van der Waals surface area contributed by atoms with Crippen LogP contribution in [-0.4, -0.2) is 39.0 Å². The molecule has 124 valence electrons. The first-order valence-corrected chi connectivity index (χ1v) is 8.78. The standard InChI is InChI=1S/C14H18N4O3S2/c1-5-21-13(20)10-6-8(2)23-12(10)15-11(19)7-22-14-17-16-9(3)18(14)4/h6H,5,7H2,1-4H3,(H,15,19). The predicted molar refractivity (Wildman–Crippen MR) is 90.1 cm³/mol. The van der Waals surface area contributed by atoms with Crippen molar-refractivity contribution in [2.75, 3.05) is 17.7 Å². The Morgan fingerprint density at radius 1 is 1.39 bits per heavy atom. The number of hydrogen-bond acceptors (Lipinski definition) is 7. The number of thiophene rings is 1. The van der Waals surface area contributed by atoms with Crippen LogP contribution in [0.4, 0.5) is 5.00 Å². The number of hydrogen-bond donors (Lipinski definition) is 1. The second-order valence-electron chi connectivity index (χ2n) is 4.75. The molecule has 0 saturated heterocycles. The van der Waals surface area contributed by atoms with E-state index in [2.05, 4.69) is 15.5 Å². The van der Waals surface area contributed by atoms with E-state index in [1.165, 1.54) is 23.1 Å². The number of aromatic nitrogens is 3. The summed E-state index contributed by atoms with van der Waals surface area (Å²) in [4.78, 5) is 24.9. The van der Waals surface area contributed by atoms with E-state index in [0.29, 0.717) is 22.3 Å². The second kappa shape index (κ2) is 7.60. The van der Waals surface area contributed by atoms with Gasteiger partial charge in [-0.3, -0.25) is 4.79 Å². The molecular formula is C14H18N4O3S2. The van der Waals surface area contributed by atoms with Crippen LogP contribution in [0.25, 0.3) is 0 Å².